The van der Waals surface area contributed by atoms with Crippen molar-refractivity contribution >= 4 is 34.1 Å². The molecule has 0 fully saturated rings. The van der Waals surface area contributed by atoms with E-state index in [9.17, 15) is 22.7 Å². The number of allylic oxidation sites excluding steroid dienone is 1. The molecular formula is C13H12ClFNNaO4S. The molecule has 2 rings (SSSR count). The number of anilines is 1. The van der Waals surface area contributed by atoms with Crippen LogP contribution in [0, 0.1) is 5.82 Å². The molecule has 0 radical (unpaired) electrons. The second-order valence-electron chi connectivity index (χ2n) is 4.57. The first-order chi connectivity index (χ1) is 9.91. The van der Waals surface area contributed by atoms with Crippen LogP contribution in [-0.2, 0) is 15.7 Å². The molecule has 0 heterocycles. The number of hydrogen-bond acceptors (Lipinski definition) is 4. The number of benzene rings is 1. The third-order valence-corrected chi connectivity index (χ3v) is 4.35. The molecule has 1 aromatic carbocycles. The van der Waals surface area contributed by atoms with Crippen LogP contribution < -0.4 is 39.0 Å². The van der Waals surface area contributed by atoms with Crippen LogP contribution in [0.25, 0.3) is 0 Å². The smallest absolute Gasteiger partial charge is 0.545 e. The van der Waals surface area contributed by atoms with Crippen molar-refractivity contribution in [2.24, 2.45) is 0 Å². The number of carboxylic acids is 1. The van der Waals surface area contributed by atoms with Crippen LogP contribution in [0.4, 0.5) is 10.1 Å². The Balaban J connectivity index is 0.00000242. The number of halogens is 2. The van der Waals surface area contributed by atoms with Crippen molar-refractivity contribution < 1.29 is 52.3 Å². The summed E-state index contributed by atoms with van der Waals surface area (Å²) in [5.74, 6) is -2.28. The van der Waals surface area contributed by atoms with Crippen molar-refractivity contribution in [3.63, 3.8) is 0 Å². The molecule has 0 amide bonds. The van der Waals surface area contributed by atoms with E-state index >= 15 is 0 Å². The van der Waals surface area contributed by atoms with E-state index in [-0.39, 0.29) is 52.3 Å². The van der Waals surface area contributed by atoms with E-state index in [2.05, 4.69) is 0 Å². The molecule has 1 atom stereocenters. The molecule has 0 N–H and O–H groups in total. The van der Waals surface area contributed by atoms with E-state index in [0.29, 0.717) is 12.8 Å². The fourth-order valence-electron chi connectivity index (χ4n) is 2.37. The van der Waals surface area contributed by atoms with Crippen molar-refractivity contribution in [1.29, 1.82) is 0 Å². The van der Waals surface area contributed by atoms with Crippen molar-refractivity contribution in [3.05, 3.63) is 40.7 Å². The van der Waals surface area contributed by atoms with Gasteiger partial charge in [-0.15, -0.1) is 0 Å². The van der Waals surface area contributed by atoms with E-state index in [1.54, 1.807) is 0 Å². The number of carbonyl (C=O) groups excluding carboxylic acids is 1. The number of carbonyl (C=O) groups is 1. The second-order valence-corrected chi connectivity index (χ2v) is 5.91. The minimum absolute atomic E-state index is 0. The normalized spacial score (nSPS) is 17.6. The number of nitrogens with zero attached hydrogens (tertiary/aromatic N) is 1. The Hall–Kier alpha value is -0.600. The number of hydrogen-bond donors (Lipinski definition) is 1. The molecular weight excluding hydrogens is 344 g/mol. The molecule has 5 nitrogen and oxygen atoms in total. The number of aliphatic carboxylic acids is 1. The topological polar surface area (TPSA) is 77.5 Å². The van der Waals surface area contributed by atoms with Gasteiger partial charge in [-0.2, -0.15) is 0 Å². The minimum atomic E-state index is -3.22. The summed E-state index contributed by atoms with van der Waals surface area (Å²) >= 11 is 5.64. The second kappa shape index (κ2) is 8.31. The van der Waals surface area contributed by atoms with Crippen LogP contribution in [-0.4, -0.2) is 20.4 Å². The maximum absolute atomic E-state index is 14.0. The zero-order valence-electron chi connectivity index (χ0n) is 11.8. The average molecular weight is 356 g/mol. The van der Waals surface area contributed by atoms with Crippen LogP contribution in [0.2, 0.25) is 5.02 Å². The average Bonchev–Trinajstić information content (AvgIpc) is 2.41. The molecule has 1 aromatic rings. The molecule has 0 saturated heterocycles. The van der Waals surface area contributed by atoms with Gasteiger partial charge in [0, 0.05) is 5.02 Å². The Bertz CT molecular complexity index is 672. The van der Waals surface area contributed by atoms with Crippen LogP contribution in [0.5, 0.6) is 0 Å². The molecule has 9 heteroatoms. The SMILES string of the molecule is O=C([O-])C1=CCCCC1N(c1ccc(Cl)cc1F)[SH](=O)=O.[Na+]. The van der Waals surface area contributed by atoms with E-state index in [1.807, 2.05) is 0 Å². The van der Waals surface area contributed by atoms with Gasteiger partial charge >= 0.3 is 29.6 Å². The van der Waals surface area contributed by atoms with Gasteiger partial charge in [0.1, 0.15) is 5.82 Å². The first kappa shape index (κ1) is 19.4. The number of thiol groups is 1. The molecule has 1 unspecified atom stereocenters. The summed E-state index contributed by atoms with van der Waals surface area (Å²) < 4.78 is 37.8. The molecule has 0 aliphatic heterocycles. The van der Waals surface area contributed by atoms with Crippen LogP contribution in [0.15, 0.2) is 29.8 Å². The Kier molecular flexibility index (Phi) is 7.34. The minimum Gasteiger partial charge on any atom is -0.545 e. The van der Waals surface area contributed by atoms with E-state index in [4.69, 9.17) is 11.6 Å². The molecule has 0 aromatic heterocycles. The van der Waals surface area contributed by atoms with Gasteiger partial charge in [-0.3, -0.25) is 4.31 Å². The van der Waals surface area contributed by atoms with Gasteiger partial charge in [0.2, 0.25) is 10.9 Å². The maximum atomic E-state index is 14.0. The van der Waals surface area contributed by atoms with E-state index < -0.39 is 28.7 Å². The number of rotatable bonds is 4. The third-order valence-electron chi connectivity index (χ3n) is 3.27. The number of carboxylic acid groups (broad SMARTS) is 1. The predicted octanol–water partition coefficient (Wildman–Crippen LogP) is -1.96. The largest absolute Gasteiger partial charge is 1.00 e. The summed E-state index contributed by atoms with van der Waals surface area (Å²) in [5, 5.41) is 11.3. The molecule has 1 aliphatic rings. The van der Waals surface area contributed by atoms with Crippen LogP contribution in [0.3, 0.4) is 0 Å². The molecule has 1 aliphatic carbocycles. The van der Waals surface area contributed by atoms with Crippen LogP contribution in [0.1, 0.15) is 19.3 Å². The summed E-state index contributed by atoms with van der Waals surface area (Å²) in [5.41, 5.74) is -0.371. The molecule has 0 spiro atoms. The van der Waals surface area contributed by atoms with Gasteiger partial charge in [-0.1, -0.05) is 17.7 Å². The standard InChI is InChI=1S/C13H13ClFNO4S.Na/c14-8-5-6-12(10(15)7-8)16(21(19)20)11-4-2-1-3-9(11)13(17)18;/h3,5-7,11,21H,1-2,4H2,(H,17,18);/q;+1/p-1. The van der Waals surface area contributed by atoms with Crippen molar-refractivity contribution in [1.82, 2.24) is 0 Å². The fourth-order valence-corrected chi connectivity index (χ4v) is 3.33. The van der Waals surface area contributed by atoms with Gasteiger partial charge in [0.15, 0.2) is 0 Å². The fraction of sp³-hybridized carbons (Fsp3) is 0.308. The summed E-state index contributed by atoms with van der Waals surface area (Å²) in [6.07, 6.45) is 2.83. The first-order valence-corrected chi connectivity index (χ1v) is 7.72. The van der Waals surface area contributed by atoms with Crippen LogP contribution >= 0.6 is 11.6 Å². The monoisotopic (exact) mass is 355 g/mol. The zero-order chi connectivity index (χ0) is 15.6. The van der Waals surface area contributed by atoms with Gasteiger partial charge < -0.3 is 9.90 Å². The van der Waals surface area contributed by atoms with E-state index in [1.165, 1.54) is 18.2 Å². The van der Waals surface area contributed by atoms with Gasteiger partial charge in [-0.05, 0) is 43.0 Å². The molecule has 114 valence electrons. The quantitative estimate of drug-likeness (QED) is 0.503. The molecule has 0 saturated carbocycles. The third kappa shape index (κ3) is 4.23. The Labute approximate surface area is 156 Å². The molecule has 0 bridgehead atoms. The predicted molar refractivity (Wildman–Crippen MR) is 74.9 cm³/mol. The summed E-state index contributed by atoms with van der Waals surface area (Å²) in [4.78, 5) is 11.1. The summed E-state index contributed by atoms with van der Waals surface area (Å²) in [7, 11) is -3.22. The Morgan fingerprint density at radius 3 is 2.64 bits per heavy atom. The summed E-state index contributed by atoms with van der Waals surface area (Å²) in [6.45, 7) is 0. The van der Waals surface area contributed by atoms with Gasteiger partial charge in [0.25, 0.3) is 0 Å². The first-order valence-electron chi connectivity index (χ1n) is 6.22. The Morgan fingerprint density at radius 2 is 2.09 bits per heavy atom. The maximum Gasteiger partial charge on any atom is 1.00 e. The zero-order valence-corrected chi connectivity index (χ0v) is 15.4. The summed E-state index contributed by atoms with van der Waals surface area (Å²) in [6, 6.07) is 2.57. The van der Waals surface area contributed by atoms with Crippen molar-refractivity contribution in [3.8, 4) is 0 Å². The van der Waals surface area contributed by atoms with Gasteiger partial charge in [-0.25, -0.2) is 12.8 Å². The van der Waals surface area contributed by atoms with Crippen molar-refractivity contribution in [2.75, 3.05) is 4.31 Å². The van der Waals surface area contributed by atoms with Crippen molar-refractivity contribution in [2.45, 2.75) is 25.3 Å². The van der Waals surface area contributed by atoms with Gasteiger partial charge in [0.05, 0.1) is 17.7 Å². The Morgan fingerprint density at radius 1 is 1.41 bits per heavy atom. The van der Waals surface area contributed by atoms with E-state index in [0.717, 1.165) is 10.4 Å². The molecule has 22 heavy (non-hydrogen) atoms.